The third kappa shape index (κ3) is 8.04. The predicted molar refractivity (Wildman–Crippen MR) is 201 cm³/mol. The highest BCUT2D eigenvalue weighted by molar-refractivity contribution is 7.91. The number of halogens is 3. The lowest BCUT2D eigenvalue weighted by Gasteiger charge is -2.40. The van der Waals surface area contributed by atoms with Crippen molar-refractivity contribution >= 4 is 50.4 Å². The molecule has 3 amide bonds. The number of ether oxygens (including phenoxy) is 1. The second-order valence-corrected chi connectivity index (χ2v) is 19.9. The number of urea groups is 1. The number of Topliss-reactive ketones (excluding diaryl/α,β-unsaturated/α-hetero) is 1. The van der Waals surface area contributed by atoms with Crippen molar-refractivity contribution in [3.8, 4) is 28.0 Å². The molecule has 18 heteroatoms. The molecule has 4 atom stereocenters. The highest BCUT2D eigenvalue weighted by atomic mass is 32.2. The van der Waals surface area contributed by atoms with Crippen LogP contribution in [0.3, 0.4) is 0 Å². The number of allylic oxidation sites excluding steroid dienone is 2. The standard InChI is InChI=1S/C37H43F3N6O6S3/c1-21-15-25(22(2)54-21)26-17-30(43-31(41-26)32-42-29(20-53-32)37(38,39)40)52-24-10-14-46-27(16-24)28(47)19-36(33(48)44-55(50,51)35(3)11-12-35)18-23(36)9-7-5-6-8-13-45(4)34(46)49/h7,9,15,17,20,23-24,27H,5-6,8,10-14,16,18-19H2,1-4H3,(H,44,48)/b9-7-/t23-,24+,27+,36-/m1/s1. The highest BCUT2D eigenvalue weighted by Gasteiger charge is 2.62. The van der Waals surface area contributed by atoms with Crippen LogP contribution in [0.5, 0.6) is 5.88 Å². The molecule has 0 radical (unpaired) electrons. The minimum absolute atomic E-state index is 0.0393. The molecule has 296 valence electrons. The Hall–Kier alpha value is -3.90. The molecular weight excluding hydrogens is 778 g/mol. The summed E-state index contributed by atoms with van der Waals surface area (Å²) in [4.78, 5) is 60.0. The second-order valence-electron chi connectivity index (χ2n) is 15.4. The van der Waals surface area contributed by atoms with Crippen LogP contribution in [0.25, 0.3) is 22.1 Å². The number of sulfonamides is 1. The second kappa shape index (κ2) is 14.6. The molecule has 1 saturated heterocycles. The minimum Gasteiger partial charge on any atom is -0.474 e. The van der Waals surface area contributed by atoms with Crippen LogP contribution < -0.4 is 9.46 Å². The Morgan fingerprint density at radius 1 is 1.09 bits per heavy atom. The van der Waals surface area contributed by atoms with E-state index in [4.69, 9.17) is 4.74 Å². The number of nitrogens with one attached hydrogen (secondary N) is 1. The number of amides is 3. The molecule has 0 aromatic carbocycles. The molecule has 2 aliphatic heterocycles. The zero-order valence-electron chi connectivity index (χ0n) is 30.9. The van der Waals surface area contributed by atoms with E-state index in [-0.39, 0.29) is 53.8 Å². The first-order valence-corrected chi connectivity index (χ1v) is 21.5. The van der Waals surface area contributed by atoms with Gasteiger partial charge in [-0.05, 0) is 71.3 Å². The van der Waals surface area contributed by atoms with Crippen molar-refractivity contribution in [3.63, 3.8) is 0 Å². The fraction of sp³-hybridized carbons (Fsp3) is 0.568. The van der Waals surface area contributed by atoms with Crippen molar-refractivity contribution in [3.05, 3.63) is 45.1 Å². The first-order chi connectivity index (χ1) is 25.9. The lowest BCUT2D eigenvalue weighted by Crippen LogP contribution is -2.56. The van der Waals surface area contributed by atoms with Crippen LogP contribution in [0, 0.1) is 25.2 Å². The van der Waals surface area contributed by atoms with Crippen molar-refractivity contribution in [2.24, 2.45) is 11.3 Å². The molecule has 12 nitrogen and oxygen atoms in total. The largest absolute Gasteiger partial charge is 0.474 e. The van der Waals surface area contributed by atoms with Crippen molar-refractivity contribution in [2.45, 2.75) is 102 Å². The van der Waals surface area contributed by atoms with Crippen LogP contribution >= 0.6 is 22.7 Å². The average molecular weight is 821 g/mol. The van der Waals surface area contributed by atoms with E-state index in [1.54, 1.807) is 36.3 Å². The van der Waals surface area contributed by atoms with Crippen LogP contribution in [-0.4, -0.2) is 87.9 Å². The molecule has 0 bridgehead atoms. The van der Waals surface area contributed by atoms with Crippen LogP contribution in [0.2, 0.25) is 0 Å². The van der Waals surface area contributed by atoms with Gasteiger partial charge in [0.15, 0.2) is 22.3 Å². The monoisotopic (exact) mass is 820 g/mol. The van der Waals surface area contributed by atoms with E-state index in [0.29, 0.717) is 37.9 Å². The zero-order valence-corrected chi connectivity index (χ0v) is 33.4. The number of hydrogen-bond donors (Lipinski definition) is 1. The predicted octanol–water partition coefficient (Wildman–Crippen LogP) is 6.93. The Kier molecular flexibility index (Phi) is 10.4. The van der Waals surface area contributed by atoms with Crippen LogP contribution in [-0.2, 0) is 25.8 Å². The molecule has 1 N–H and O–H groups in total. The Bertz CT molecular complexity index is 2150. The summed E-state index contributed by atoms with van der Waals surface area (Å²) in [6.45, 7) is 6.07. The van der Waals surface area contributed by atoms with Gasteiger partial charge in [-0.15, -0.1) is 22.7 Å². The highest BCUT2D eigenvalue weighted by Crippen LogP contribution is 2.57. The Labute approximate surface area is 325 Å². The van der Waals surface area contributed by atoms with E-state index in [2.05, 4.69) is 19.7 Å². The number of alkyl halides is 3. The van der Waals surface area contributed by atoms with Gasteiger partial charge in [0.2, 0.25) is 21.8 Å². The summed E-state index contributed by atoms with van der Waals surface area (Å²) in [5, 5.41) is 0.867. The van der Waals surface area contributed by atoms with Gasteiger partial charge in [-0.25, -0.2) is 23.2 Å². The number of fused-ring (bicyclic) bond motifs is 2. The summed E-state index contributed by atoms with van der Waals surface area (Å²) in [5.41, 5.74) is -1.13. The molecule has 3 aromatic heterocycles. The Morgan fingerprint density at radius 3 is 2.53 bits per heavy atom. The van der Waals surface area contributed by atoms with E-state index in [0.717, 1.165) is 51.3 Å². The topological polar surface area (TPSA) is 152 Å². The quantitative estimate of drug-likeness (QED) is 0.250. The van der Waals surface area contributed by atoms with Crippen molar-refractivity contribution in [1.82, 2.24) is 29.5 Å². The molecule has 4 aliphatic rings. The SMILES string of the molecule is Cc1cc(-c2cc(O[C@H]3CCN4C(=O)N(C)CCCC/C=C\[C@@H]5C[C@@]5(C(=O)NS(=O)(=O)C5(C)CC5)CC(=O)[C@@H]4C3)nc(-c3nc(C(F)(F)F)cs3)n2)c(C)s1. The lowest BCUT2D eigenvalue weighted by molar-refractivity contribution is -0.140. The number of carbonyl (C=O) groups is 3. The van der Waals surface area contributed by atoms with E-state index in [1.165, 1.54) is 4.90 Å². The number of piperidine rings is 1. The van der Waals surface area contributed by atoms with Gasteiger partial charge < -0.3 is 14.5 Å². The third-order valence-electron chi connectivity index (χ3n) is 11.2. The number of aryl methyl sites for hydroxylation is 2. The van der Waals surface area contributed by atoms with Gasteiger partial charge in [-0.1, -0.05) is 12.2 Å². The number of aromatic nitrogens is 3. The molecule has 2 aliphatic carbocycles. The third-order valence-corrected chi connectivity index (χ3v) is 15.1. The summed E-state index contributed by atoms with van der Waals surface area (Å²) in [5.74, 6) is -1.40. The number of nitrogens with zero attached hydrogens (tertiary/aromatic N) is 5. The number of hydrogen-bond acceptors (Lipinski definition) is 11. The number of thiophene rings is 1. The maximum atomic E-state index is 14.4. The summed E-state index contributed by atoms with van der Waals surface area (Å²) < 4.78 is 74.4. The number of rotatable bonds is 7. The van der Waals surface area contributed by atoms with Crippen molar-refractivity contribution < 1.29 is 40.7 Å². The maximum Gasteiger partial charge on any atom is 0.434 e. The molecule has 55 heavy (non-hydrogen) atoms. The molecule has 7 rings (SSSR count). The molecule has 3 aromatic rings. The minimum atomic E-state index is -4.65. The first kappa shape index (κ1) is 39.3. The molecular formula is C37H43F3N6O6S3. The summed E-state index contributed by atoms with van der Waals surface area (Å²) in [6, 6.07) is 2.20. The van der Waals surface area contributed by atoms with Gasteiger partial charge in [0, 0.05) is 66.2 Å². The van der Waals surface area contributed by atoms with Gasteiger partial charge in [0.1, 0.15) is 6.10 Å². The fourth-order valence-electron chi connectivity index (χ4n) is 7.39. The number of carbonyl (C=O) groups excluding carboxylic acids is 3. The van der Waals surface area contributed by atoms with E-state index in [9.17, 15) is 36.0 Å². The van der Waals surface area contributed by atoms with Gasteiger partial charge in [0.05, 0.1) is 21.9 Å². The molecule has 3 fully saturated rings. The normalized spacial score (nSPS) is 26.4. The van der Waals surface area contributed by atoms with Gasteiger partial charge in [0.25, 0.3) is 0 Å². The number of ketones is 1. The van der Waals surface area contributed by atoms with E-state index >= 15 is 0 Å². The van der Waals surface area contributed by atoms with Gasteiger partial charge >= 0.3 is 12.2 Å². The zero-order chi connectivity index (χ0) is 39.5. The van der Waals surface area contributed by atoms with Gasteiger partial charge in [-0.2, -0.15) is 18.2 Å². The summed E-state index contributed by atoms with van der Waals surface area (Å²) in [6.07, 6.45) is 2.10. The molecule has 5 heterocycles. The Morgan fingerprint density at radius 2 is 1.85 bits per heavy atom. The molecule has 0 unspecified atom stereocenters. The maximum absolute atomic E-state index is 14.4. The van der Waals surface area contributed by atoms with Gasteiger partial charge in [-0.3, -0.25) is 14.3 Å². The molecule has 2 saturated carbocycles. The smallest absolute Gasteiger partial charge is 0.434 e. The van der Waals surface area contributed by atoms with Crippen molar-refractivity contribution in [2.75, 3.05) is 20.1 Å². The summed E-state index contributed by atoms with van der Waals surface area (Å²) in [7, 11) is -2.27. The lowest BCUT2D eigenvalue weighted by atomic mass is 9.87. The first-order valence-electron chi connectivity index (χ1n) is 18.3. The van der Waals surface area contributed by atoms with Crippen LogP contribution in [0.1, 0.15) is 80.2 Å². The van der Waals surface area contributed by atoms with Crippen molar-refractivity contribution in [1.29, 1.82) is 0 Å². The average Bonchev–Trinajstić information content (AvgIpc) is 3.91. The summed E-state index contributed by atoms with van der Waals surface area (Å²) >= 11 is 2.31. The van der Waals surface area contributed by atoms with E-state index < -0.39 is 50.1 Å². The van der Waals surface area contributed by atoms with Crippen LogP contribution in [0.15, 0.2) is 29.7 Å². The molecule has 0 spiro atoms. The van der Waals surface area contributed by atoms with E-state index in [1.807, 2.05) is 32.1 Å². The number of thiazole rings is 1. The fourth-order valence-corrected chi connectivity index (χ4v) is 10.4. The Balaban J connectivity index is 1.19. The van der Waals surface area contributed by atoms with Crippen LogP contribution in [0.4, 0.5) is 18.0 Å².